The van der Waals surface area contributed by atoms with Crippen molar-refractivity contribution in [3.8, 4) is 5.75 Å². The van der Waals surface area contributed by atoms with Crippen LogP contribution in [0.2, 0.25) is 0 Å². The van der Waals surface area contributed by atoms with E-state index in [-0.39, 0.29) is 0 Å². The Balaban J connectivity index is 2.14. The van der Waals surface area contributed by atoms with Crippen LogP contribution in [0.5, 0.6) is 5.75 Å². The Morgan fingerprint density at radius 1 is 1.39 bits per heavy atom. The van der Waals surface area contributed by atoms with E-state index in [1.807, 2.05) is 36.4 Å². The first-order valence-corrected chi connectivity index (χ1v) is 5.93. The third kappa shape index (κ3) is 3.00. The number of ether oxygens (including phenoxy) is 1. The molecule has 1 aliphatic rings. The highest BCUT2D eigenvalue weighted by Gasteiger charge is 2.15. The maximum absolute atomic E-state index is 10.7. The molecule has 0 saturated heterocycles. The van der Waals surface area contributed by atoms with Gasteiger partial charge in [0.15, 0.2) is 0 Å². The van der Waals surface area contributed by atoms with Gasteiger partial charge in [-0.2, -0.15) is 0 Å². The SMILES string of the molecule is COc1ccc(C2CC=C/C(=C\C(=O)O)C2)cc1. The van der Waals surface area contributed by atoms with E-state index >= 15 is 0 Å². The molecule has 94 valence electrons. The fourth-order valence-electron chi connectivity index (χ4n) is 2.22. The topological polar surface area (TPSA) is 46.5 Å². The van der Waals surface area contributed by atoms with E-state index in [1.165, 1.54) is 11.6 Å². The molecule has 0 amide bonds. The molecular weight excluding hydrogens is 228 g/mol. The van der Waals surface area contributed by atoms with Gasteiger partial charge in [-0.15, -0.1) is 0 Å². The van der Waals surface area contributed by atoms with Gasteiger partial charge in [0.1, 0.15) is 5.75 Å². The first-order valence-electron chi connectivity index (χ1n) is 5.93. The Labute approximate surface area is 106 Å². The molecule has 0 bridgehead atoms. The lowest BCUT2D eigenvalue weighted by Crippen LogP contribution is -2.04. The van der Waals surface area contributed by atoms with Crippen LogP contribution in [-0.2, 0) is 4.79 Å². The Bertz CT molecular complexity index is 483. The molecule has 1 aromatic rings. The summed E-state index contributed by atoms with van der Waals surface area (Å²) in [5, 5.41) is 8.76. The second-order valence-corrected chi connectivity index (χ2v) is 4.37. The van der Waals surface area contributed by atoms with Gasteiger partial charge in [-0.05, 0) is 42.0 Å². The summed E-state index contributed by atoms with van der Waals surface area (Å²) in [6.45, 7) is 0. The van der Waals surface area contributed by atoms with Crippen LogP contribution in [0.15, 0.2) is 48.1 Å². The Morgan fingerprint density at radius 3 is 2.72 bits per heavy atom. The molecule has 1 aromatic carbocycles. The van der Waals surface area contributed by atoms with Crippen molar-refractivity contribution in [3.63, 3.8) is 0 Å². The number of carbonyl (C=O) groups is 1. The summed E-state index contributed by atoms with van der Waals surface area (Å²) in [6, 6.07) is 7.96. The van der Waals surface area contributed by atoms with Crippen molar-refractivity contribution in [2.24, 2.45) is 0 Å². The summed E-state index contributed by atoms with van der Waals surface area (Å²) < 4.78 is 5.13. The molecule has 2 rings (SSSR count). The minimum atomic E-state index is -0.884. The van der Waals surface area contributed by atoms with E-state index < -0.39 is 5.97 Å². The maximum atomic E-state index is 10.7. The van der Waals surface area contributed by atoms with Crippen LogP contribution in [0.3, 0.4) is 0 Å². The second kappa shape index (κ2) is 5.54. The van der Waals surface area contributed by atoms with Gasteiger partial charge in [0.05, 0.1) is 7.11 Å². The predicted molar refractivity (Wildman–Crippen MR) is 69.8 cm³/mol. The Morgan fingerprint density at radius 2 is 2.11 bits per heavy atom. The van der Waals surface area contributed by atoms with E-state index in [1.54, 1.807) is 7.11 Å². The molecule has 1 aliphatic carbocycles. The number of carboxylic acids is 1. The van der Waals surface area contributed by atoms with Gasteiger partial charge in [-0.1, -0.05) is 24.3 Å². The molecule has 1 unspecified atom stereocenters. The van der Waals surface area contributed by atoms with Crippen LogP contribution in [0.1, 0.15) is 24.3 Å². The van der Waals surface area contributed by atoms with Gasteiger partial charge < -0.3 is 9.84 Å². The van der Waals surface area contributed by atoms with Crippen molar-refractivity contribution in [3.05, 3.63) is 53.6 Å². The van der Waals surface area contributed by atoms with Crippen LogP contribution < -0.4 is 4.74 Å². The highest BCUT2D eigenvalue weighted by atomic mass is 16.5. The normalized spacial score (nSPS) is 20.9. The van der Waals surface area contributed by atoms with Gasteiger partial charge in [0, 0.05) is 6.08 Å². The number of hydrogen-bond donors (Lipinski definition) is 1. The van der Waals surface area contributed by atoms with Crippen molar-refractivity contribution in [1.82, 2.24) is 0 Å². The lowest BCUT2D eigenvalue weighted by Gasteiger charge is -2.20. The van der Waals surface area contributed by atoms with E-state index in [2.05, 4.69) is 0 Å². The molecule has 0 spiro atoms. The van der Waals surface area contributed by atoms with E-state index in [9.17, 15) is 4.79 Å². The average Bonchev–Trinajstić information content (AvgIpc) is 2.38. The Kier molecular flexibility index (Phi) is 3.82. The summed E-state index contributed by atoms with van der Waals surface area (Å²) in [6.07, 6.45) is 6.94. The fraction of sp³-hybridized carbons (Fsp3) is 0.267. The monoisotopic (exact) mass is 244 g/mol. The van der Waals surface area contributed by atoms with Crippen LogP contribution in [0.25, 0.3) is 0 Å². The quantitative estimate of drug-likeness (QED) is 0.831. The highest BCUT2D eigenvalue weighted by Crippen LogP contribution is 2.32. The second-order valence-electron chi connectivity index (χ2n) is 4.37. The van der Waals surface area contributed by atoms with Crippen LogP contribution in [0, 0.1) is 0 Å². The average molecular weight is 244 g/mol. The number of carboxylic acid groups (broad SMARTS) is 1. The predicted octanol–water partition coefficient (Wildman–Crippen LogP) is 3.14. The minimum Gasteiger partial charge on any atom is -0.497 e. The maximum Gasteiger partial charge on any atom is 0.328 e. The van der Waals surface area contributed by atoms with Crippen molar-refractivity contribution in [1.29, 1.82) is 0 Å². The van der Waals surface area contributed by atoms with Gasteiger partial charge in [0.25, 0.3) is 0 Å². The molecular formula is C15H16O3. The van der Waals surface area contributed by atoms with Gasteiger partial charge in [0.2, 0.25) is 0 Å². The number of methoxy groups -OCH3 is 1. The zero-order chi connectivity index (χ0) is 13.0. The largest absolute Gasteiger partial charge is 0.497 e. The number of allylic oxidation sites excluding steroid dienone is 3. The molecule has 1 atom stereocenters. The lowest BCUT2D eigenvalue weighted by molar-refractivity contribution is -0.131. The summed E-state index contributed by atoms with van der Waals surface area (Å²) in [5.41, 5.74) is 2.09. The summed E-state index contributed by atoms with van der Waals surface area (Å²) in [7, 11) is 1.64. The molecule has 18 heavy (non-hydrogen) atoms. The molecule has 0 heterocycles. The van der Waals surface area contributed by atoms with E-state index in [0.29, 0.717) is 5.92 Å². The lowest BCUT2D eigenvalue weighted by atomic mass is 9.85. The van der Waals surface area contributed by atoms with Gasteiger partial charge in [-0.3, -0.25) is 0 Å². The summed E-state index contributed by atoms with van der Waals surface area (Å²) in [4.78, 5) is 10.7. The van der Waals surface area contributed by atoms with E-state index in [4.69, 9.17) is 9.84 Å². The van der Waals surface area contributed by atoms with Crippen LogP contribution in [0.4, 0.5) is 0 Å². The van der Waals surface area contributed by atoms with Crippen molar-refractivity contribution in [2.45, 2.75) is 18.8 Å². The molecule has 3 heteroatoms. The molecule has 0 saturated carbocycles. The molecule has 0 radical (unpaired) electrons. The van der Waals surface area contributed by atoms with Gasteiger partial charge in [-0.25, -0.2) is 4.79 Å². The third-order valence-corrected chi connectivity index (χ3v) is 3.13. The molecule has 0 aliphatic heterocycles. The molecule has 3 nitrogen and oxygen atoms in total. The summed E-state index contributed by atoms with van der Waals surface area (Å²) in [5.74, 6) is 0.308. The fourth-order valence-corrected chi connectivity index (χ4v) is 2.22. The number of hydrogen-bond acceptors (Lipinski definition) is 2. The number of benzene rings is 1. The highest BCUT2D eigenvalue weighted by molar-refractivity contribution is 5.81. The third-order valence-electron chi connectivity index (χ3n) is 3.13. The van der Waals surface area contributed by atoms with Crippen molar-refractivity contribution < 1.29 is 14.6 Å². The van der Waals surface area contributed by atoms with Crippen molar-refractivity contribution >= 4 is 5.97 Å². The van der Waals surface area contributed by atoms with E-state index in [0.717, 1.165) is 24.2 Å². The molecule has 0 fully saturated rings. The number of aliphatic carboxylic acids is 1. The number of rotatable bonds is 3. The summed E-state index contributed by atoms with van der Waals surface area (Å²) >= 11 is 0. The van der Waals surface area contributed by atoms with Crippen LogP contribution in [-0.4, -0.2) is 18.2 Å². The van der Waals surface area contributed by atoms with Gasteiger partial charge >= 0.3 is 5.97 Å². The first kappa shape index (κ1) is 12.4. The smallest absolute Gasteiger partial charge is 0.328 e. The standard InChI is InChI=1S/C15H16O3/c1-18-14-7-5-12(6-8-14)13-4-2-3-11(9-13)10-15(16)17/h2-3,5-8,10,13H,4,9H2,1H3,(H,16,17)/b11-10+. The minimum absolute atomic E-state index is 0.353. The zero-order valence-corrected chi connectivity index (χ0v) is 10.3. The Hall–Kier alpha value is -2.03. The zero-order valence-electron chi connectivity index (χ0n) is 10.3. The van der Waals surface area contributed by atoms with Crippen molar-refractivity contribution in [2.75, 3.05) is 7.11 Å². The first-order chi connectivity index (χ1) is 8.69. The molecule has 0 aromatic heterocycles. The molecule has 1 N–H and O–H groups in total. The van der Waals surface area contributed by atoms with Crippen LogP contribution >= 0.6 is 0 Å².